The lowest BCUT2D eigenvalue weighted by Crippen LogP contribution is -2.26. The molecule has 0 N–H and O–H groups in total. The summed E-state index contributed by atoms with van der Waals surface area (Å²) in [4.78, 5) is 10.8. The van der Waals surface area contributed by atoms with E-state index < -0.39 is 0 Å². The average Bonchev–Trinajstić information content (AvgIpc) is 2.14. The van der Waals surface area contributed by atoms with E-state index in [0.29, 0.717) is 0 Å². The molecule has 0 saturated heterocycles. The highest BCUT2D eigenvalue weighted by atomic mass is 16.8. The van der Waals surface area contributed by atoms with E-state index >= 15 is 0 Å². The van der Waals surface area contributed by atoms with Gasteiger partial charge in [0.15, 0.2) is 0 Å². The Kier molecular flexibility index (Phi) is 1.41. The number of ketones is 1. The van der Waals surface area contributed by atoms with E-state index in [0.717, 1.165) is 0 Å². The van der Waals surface area contributed by atoms with Crippen molar-refractivity contribution >= 4 is 5.78 Å². The van der Waals surface area contributed by atoms with Gasteiger partial charge in [-0.1, -0.05) is 0 Å². The Balaban J connectivity index is 3.17. The lowest BCUT2D eigenvalue weighted by Gasteiger charge is -1.83. The minimum absolute atomic E-state index is 0.0926. The van der Waals surface area contributed by atoms with Crippen LogP contribution in [-0.2, 0) is 0 Å². The van der Waals surface area contributed by atoms with Gasteiger partial charge in [-0.15, -0.1) is 0 Å². The van der Waals surface area contributed by atoms with Crippen molar-refractivity contribution in [2.75, 3.05) is 0 Å². The second-order valence-corrected chi connectivity index (χ2v) is 1.92. The van der Waals surface area contributed by atoms with Crippen molar-refractivity contribution in [2.45, 2.75) is 13.8 Å². The van der Waals surface area contributed by atoms with Crippen molar-refractivity contribution in [3.63, 3.8) is 0 Å². The van der Waals surface area contributed by atoms with Gasteiger partial charge >= 0.3 is 0 Å². The van der Waals surface area contributed by atoms with Crippen LogP contribution in [0.3, 0.4) is 0 Å². The number of aromatic nitrogens is 2. The minimum Gasteiger partial charge on any atom is -0.359 e. The molecule has 0 aromatic carbocycles. The molecule has 5 heteroatoms. The molecule has 0 spiro atoms. The molecule has 0 aliphatic carbocycles. The molecule has 10 heavy (non-hydrogen) atoms. The summed E-state index contributed by atoms with van der Waals surface area (Å²) in [7, 11) is 0. The highest BCUT2D eigenvalue weighted by molar-refractivity contribution is 5.92. The zero-order valence-corrected chi connectivity index (χ0v) is 5.62. The molecule has 0 radical (unpaired) electrons. The molecule has 0 amide bonds. The fourth-order valence-corrected chi connectivity index (χ4v) is 0.611. The standard InChI is InChI=1S/C5H6N2O3/c1-3-5(4(2)8)6-10-7(3)9/h1-2H3. The summed E-state index contributed by atoms with van der Waals surface area (Å²) in [5.74, 6) is -0.268. The molecule has 0 bridgehead atoms. The lowest BCUT2D eigenvalue weighted by molar-refractivity contribution is -0.806. The van der Waals surface area contributed by atoms with Crippen LogP contribution >= 0.6 is 0 Å². The van der Waals surface area contributed by atoms with Crippen LogP contribution in [-0.4, -0.2) is 10.9 Å². The highest BCUT2D eigenvalue weighted by Crippen LogP contribution is 1.97. The fraction of sp³-hybridized carbons (Fsp3) is 0.400. The van der Waals surface area contributed by atoms with E-state index in [1.54, 1.807) is 0 Å². The van der Waals surface area contributed by atoms with Gasteiger partial charge in [0.25, 0.3) is 5.69 Å². The predicted octanol–water partition coefficient (Wildman–Crippen LogP) is -0.181. The number of carbonyl (C=O) groups is 1. The molecule has 5 nitrogen and oxygen atoms in total. The smallest absolute Gasteiger partial charge is 0.286 e. The molecule has 54 valence electrons. The number of carbonyl (C=O) groups excluding carboxylic acids is 1. The molecule has 0 unspecified atom stereocenters. The molecule has 1 rings (SSSR count). The molecule has 1 aromatic heterocycles. The average molecular weight is 142 g/mol. The summed E-state index contributed by atoms with van der Waals surface area (Å²) < 4.78 is 4.15. The molecule has 0 aliphatic rings. The molecule has 1 heterocycles. The Hall–Kier alpha value is -1.39. The van der Waals surface area contributed by atoms with Crippen LogP contribution < -0.4 is 4.90 Å². The van der Waals surface area contributed by atoms with Gasteiger partial charge in [0, 0.05) is 19.0 Å². The highest BCUT2D eigenvalue weighted by Gasteiger charge is 2.17. The number of rotatable bonds is 1. The van der Waals surface area contributed by atoms with E-state index in [1.165, 1.54) is 13.8 Å². The van der Waals surface area contributed by atoms with Crippen LogP contribution in [0.2, 0.25) is 0 Å². The third-order valence-corrected chi connectivity index (χ3v) is 1.16. The van der Waals surface area contributed by atoms with Crippen molar-refractivity contribution in [1.29, 1.82) is 0 Å². The molecular formula is C5H6N2O3. The summed E-state index contributed by atoms with van der Waals surface area (Å²) in [6, 6.07) is 0. The first kappa shape index (κ1) is 6.73. The van der Waals surface area contributed by atoms with Gasteiger partial charge in [-0.25, -0.2) is 0 Å². The molecule has 0 atom stereocenters. The van der Waals surface area contributed by atoms with Crippen LogP contribution in [0.1, 0.15) is 23.1 Å². The first-order valence-corrected chi connectivity index (χ1v) is 2.70. The fourth-order valence-electron chi connectivity index (χ4n) is 0.611. The largest absolute Gasteiger partial charge is 0.359 e. The normalized spacial score (nSPS) is 9.80. The lowest BCUT2D eigenvalue weighted by atomic mass is 10.3. The number of nitrogens with zero attached hydrogens (tertiary/aromatic N) is 2. The zero-order chi connectivity index (χ0) is 7.72. The van der Waals surface area contributed by atoms with Crippen LogP contribution in [0.15, 0.2) is 4.63 Å². The summed E-state index contributed by atoms with van der Waals surface area (Å²) in [5.41, 5.74) is 0.294. The van der Waals surface area contributed by atoms with Gasteiger partial charge in [0.1, 0.15) is 0 Å². The Morgan fingerprint density at radius 1 is 1.80 bits per heavy atom. The third kappa shape index (κ3) is 0.854. The third-order valence-electron chi connectivity index (χ3n) is 1.16. The second kappa shape index (κ2) is 2.09. The van der Waals surface area contributed by atoms with Crippen molar-refractivity contribution in [3.8, 4) is 0 Å². The molecule has 1 aromatic rings. The van der Waals surface area contributed by atoms with Gasteiger partial charge in [-0.2, -0.15) is 0 Å². The van der Waals surface area contributed by atoms with Gasteiger partial charge in [-0.3, -0.25) is 9.42 Å². The topological polar surface area (TPSA) is 70.0 Å². The maximum Gasteiger partial charge on any atom is 0.286 e. The first-order valence-electron chi connectivity index (χ1n) is 2.70. The first-order chi connectivity index (χ1) is 4.63. The summed E-state index contributed by atoms with van der Waals surface area (Å²) in [6.07, 6.45) is 0. The summed E-state index contributed by atoms with van der Waals surface area (Å²) in [5, 5.41) is 13.7. The SMILES string of the molecule is CC(=O)c1no[n+]([O-])c1C. The van der Waals surface area contributed by atoms with Gasteiger partial charge in [0.2, 0.25) is 11.5 Å². The van der Waals surface area contributed by atoms with Crippen molar-refractivity contribution < 1.29 is 14.3 Å². The zero-order valence-electron chi connectivity index (χ0n) is 5.62. The maximum atomic E-state index is 10.6. The van der Waals surface area contributed by atoms with Gasteiger partial charge < -0.3 is 5.21 Å². The minimum atomic E-state index is -0.268. The Labute approximate surface area is 56.8 Å². The second-order valence-electron chi connectivity index (χ2n) is 1.92. The van der Waals surface area contributed by atoms with Gasteiger partial charge in [-0.05, 0) is 4.90 Å². The van der Waals surface area contributed by atoms with E-state index in [-0.39, 0.29) is 22.1 Å². The van der Waals surface area contributed by atoms with Crippen molar-refractivity contribution in [1.82, 2.24) is 5.16 Å². The maximum absolute atomic E-state index is 10.6. The summed E-state index contributed by atoms with van der Waals surface area (Å²) in [6.45, 7) is 2.80. The Morgan fingerprint density at radius 3 is 2.60 bits per heavy atom. The van der Waals surface area contributed by atoms with Crippen LogP contribution in [0.4, 0.5) is 0 Å². The van der Waals surface area contributed by atoms with Crippen LogP contribution in [0, 0.1) is 12.1 Å². The number of hydrogen-bond acceptors (Lipinski definition) is 4. The van der Waals surface area contributed by atoms with Crippen LogP contribution in [0.25, 0.3) is 0 Å². The molecule has 0 fully saturated rings. The Morgan fingerprint density at radius 2 is 2.40 bits per heavy atom. The van der Waals surface area contributed by atoms with E-state index in [4.69, 9.17) is 0 Å². The summed E-state index contributed by atoms with van der Waals surface area (Å²) >= 11 is 0. The van der Waals surface area contributed by atoms with E-state index in [9.17, 15) is 10.0 Å². The predicted molar refractivity (Wildman–Crippen MR) is 30.2 cm³/mol. The monoisotopic (exact) mass is 142 g/mol. The molecular weight excluding hydrogens is 136 g/mol. The molecule has 0 aliphatic heterocycles. The van der Waals surface area contributed by atoms with Crippen molar-refractivity contribution in [3.05, 3.63) is 16.6 Å². The van der Waals surface area contributed by atoms with E-state index in [2.05, 4.69) is 9.79 Å². The van der Waals surface area contributed by atoms with Crippen LogP contribution in [0.5, 0.6) is 0 Å². The Bertz CT molecular complexity index is 266. The number of Topliss-reactive ketones (excluding diaryl/α,β-unsaturated/α-hetero) is 1. The number of hydrogen-bond donors (Lipinski definition) is 0. The quantitative estimate of drug-likeness (QED) is 0.402. The molecule has 0 saturated carbocycles. The van der Waals surface area contributed by atoms with Gasteiger partial charge in [0.05, 0.1) is 0 Å². The van der Waals surface area contributed by atoms with Crippen molar-refractivity contribution in [2.24, 2.45) is 0 Å². The van der Waals surface area contributed by atoms with E-state index in [1.807, 2.05) is 0 Å².